The van der Waals surface area contributed by atoms with Gasteiger partial charge in [-0.1, -0.05) is 26.8 Å². The number of thioether (sulfide) groups is 1. The summed E-state index contributed by atoms with van der Waals surface area (Å²) in [5.41, 5.74) is 2.11. The summed E-state index contributed by atoms with van der Waals surface area (Å²) >= 11 is 2.04. The Labute approximate surface area is 133 Å². The molecule has 0 spiro atoms. The summed E-state index contributed by atoms with van der Waals surface area (Å²) in [7, 11) is 0. The van der Waals surface area contributed by atoms with Crippen molar-refractivity contribution >= 4 is 17.4 Å². The van der Waals surface area contributed by atoms with Crippen LogP contribution in [0.2, 0.25) is 0 Å². The van der Waals surface area contributed by atoms with Crippen LogP contribution in [-0.2, 0) is 0 Å². The SMILES string of the molecule is CCNC(C)c1ccc(N2CCSC(C)(C)CC2)cc1O. The molecule has 1 fully saturated rings. The van der Waals surface area contributed by atoms with Gasteiger partial charge in [0.2, 0.25) is 0 Å². The van der Waals surface area contributed by atoms with Crippen molar-refractivity contribution in [1.29, 1.82) is 0 Å². The summed E-state index contributed by atoms with van der Waals surface area (Å²) in [6.07, 6.45) is 1.17. The Balaban J connectivity index is 2.12. The Kier molecular flexibility index (Phi) is 5.44. The fraction of sp³-hybridized carbons (Fsp3) is 0.647. The zero-order valence-electron chi connectivity index (χ0n) is 13.6. The van der Waals surface area contributed by atoms with Crippen molar-refractivity contribution in [3.05, 3.63) is 23.8 Å². The summed E-state index contributed by atoms with van der Waals surface area (Å²) in [6, 6.07) is 6.31. The number of hydrogen-bond acceptors (Lipinski definition) is 4. The normalized spacial score (nSPS) is 20.1. The van der Waals surface area contributed by atoms with Crippen molar-refractivity contribution in [3.63, 3.8) is 0 Å². The lowest BCUT2D eigenvalue weighted by atomic mass is 10.1. The highest BCUT2D eigenvalue weighted by Crippen LogP contribution is 2.34. The predicted molar refractivity (Wildman–Crippen MR) is 93.6 cm³/mol. The molecule has 0 aliphatic carbocycles. The largest absolute Gasteiger partial charge is 0.508 e. The van der Waals surface area contributed by atoms with Crippen LogP contribution in [0.3, 0.4) is 0 Å². The molecule has 0 saturated carbocycles. The Morgan fingerprint density at radius 1 is 1.38 bits per heavy atom. The molecule has 0 amide bonds. The molecule has 21 heavy (non-hydrogen) atoms. The van der Waals surface area contributed by atoms with Crippen molar-refractivity contribution in [2.45, 2.75) is 44.9 Å². The standard InChI is InChI=1S/C17H28N2OS/c1-5-18-13(2)15-7-6-14(12-16(15)20)19-9-8-17(3,4)21-11-10-19/h6-7,12-13,18,20H,5,8-11H2,1-4H3. The molecule has 0 radical (unpaired) electrons. The van der Waals surface area contributed by atoms with Crippen LogP contribution < -0.4 is 10.2 Å². The Bertz CT molecular complexity index is 476. The zero-order valence-corrected chi connectivity index (χ0v) is 14.5. The molecule has 1 aromatic rings. The number of aromatic hydroxyl groups is 1. The second-order valence-corrected chi connectivity index (χ2v) is 8.17. The molecule has 118 valence electrons. The molecule has 1 aliphatic rings. The van der Waals surface area contributed by atoms with Crippen LogP contribution in [0.5, 0.6) is 5.75 Å². The number of anilines is 1. The molecule has 0 aromatic heterocycles. The summed E-state index contributed by atoms with van der Waals surface area (Å²) in [5.74, 6) is 1.54. The number of phenolic OH excluding ortho intramolecular Hbond substituents is 1. The molecule has 1 aliphatic heterocycles. The number of nitrogens with zero attached hydrogens (tertiary/aromatic N) is 1. The van der Waals surface area contributed by atoms with Gasteiger partial charge in [-0.05, 0) is 26.0 Å². The summed E-state index contributed by atoms with van der Waals surface area (Å²) in [6.45, 7) is 11.8. The van der Waals surface area contributed by atoms with E-state index in [2.05, 4.69) is 50.0 Å². The van der Waals surface area contributed by atoms with Gasteiger partial charge in [0.05, 0.1) is 0 Å². The molecule has 1 aromatic carbocycles. The first-order valence-electron chi connectivity index (χ1n) is 7.88. The first-order valence-corrected chi connectivity index (χ1v) is 8.87. The third-order valence-corrected chi connectivity index (χ3v) is 5.57. The van der Waals surface area contributed by atoms with Gasteiger partial charge < -0.3 is 15.3 Å². The predicted octanol–water partition coefficient (Wildman–Crippen LogP) is 3.78. The lowest BCUT2D eigenvalue weighted by Crippen LogP contribution is -2.27. The van der Waals surface area contributed by atoms with Crippen molar-refractivity contribution in [3.8, 4) is 5.75 Å². The average Bonchev–Trinajstić information content (AvgIpc) is 2.60. The second-order valence-electron chi connectivity index (χ2n) is 6.37. The quantitative estimate of drug-likeness (QED) is 0.887. The van der Waals surface area contributed by atoms with E-state index in [1.165, 1.54) is 6.42 Å². The van der Waals surface area contributed by atoms with E-state index in [0.29, 0.717) is 10.5 Å². The van der Waals surface area contributed by atoms with E-state index in [-0.39, 0.29) is 6.04 Å². The highest BCUT2D eigenvalue weighted by Gasteiger charge is 2.24. The van der Waals surface area contributed by atoms with Crippen LogP contribution in [0.25, 0.3) is 0 Å². The zero-order chi connectivity index (χ0) is 15.5. The molecule has 4 heteroatoms. The van der Waals surface area contributed by atoms with Gasteiger partial charge in [0.25, 0.3) is 0 Å². The molecule has 3 nitrogen and oxygen atoms in total. The van der Waals surface area contributed by atoms with Gasteiger partial charge in [-0.25, -0.2) is 0 Å². The van der Waals surface area contributed by atoms with Gasteiger partial charge in [-0.3, -0.25) is 0 Å². The number of nitrogens with one attached hydrogen (secondary N) is 1. The maximum absolute atomic E-state index is 10.3. The van der Waals surface area contributed by atoms with Gasteiger partial charge in [-0.2, -0.15) is 11.8 Å². The average molecular weight is 308 g/mol. The van der Waals surface area contributed by atoms with Crippen LogP contribution in [-0.4, -0.2) is 35.2 Å². The smallest absolute Gasteiger partial charge is 0.122 e. The van der Waals surface area contributed by atoms with Crippen molar-refractivity contribution in [1.82, 2.24) is 5.32 Å². The Morgan fingerprint density at radius 2 is 2.14 bits per heavy atom. The maximum Gasteiger partial charge on any atom is 0.122 e. The molecule has 0 bridgehead atoms. The van der Waals surface area contributed by atoms with Gasteiger partial charge >= 0.3 is 0 Å². The third kappa shape index (κ3) is 4.30. The van der Waals surface area contributed by atoms with Crippen LogP contribution >= 0.6 is 11.8 Å². The minimum atomic E-state index is 0.183. The Hall–Kier alpha value is -0.870. The number of phenols is 1. The monoisotopic (exact) mass is 308 g/mol. The van der Waals surface area contributed by atoms with E-state index < -0.39 is 0 Å². The number of rotatable bonds is 4. The lowest BCUT2D eigenvalue weighted by Gasteiger charge is -2.25. The second kappa shape index (κ2) is 6.93. The van der Waals surface area contributed by atoms with Gasteiger partial charge in [-0.15, -0.1) is 0 Å². The summed E-state index contributed by atoms with van der Waals surface area (Å²) in [5, 5.41) is 13.7. The number of hydrogen-bond donors (Lipinski definition) is 2. The van der Waals surface area contributed by atoms with E-state index in [9.17, 15) is 5.11 Å². The highest BCUT2D eigenvalue weighted by atomic mass is 32.2. The highest BCUT2D eigenvalue weighted by molar-refractivity contribution is 8.00. The lowest BCUT2D eigenvalue weighted by molar-refractivity contribution is 0.454. The van der Waals surface area contributed by atoms with Crippen LogP contribution in [0, 0.1) is 0 Å². The minimum absolute atomic E-state index is 0.183. The van der Waals surface area contributed by atoms with Crippen LogP contribution in [0.4, 0.5) is 5.69 Å². The molecule has 1 atom stereocenters. The first-order chi connectivity index (χ1) is 9.93. The van der Waals surface area contributed by atoms with Crippen LogP contribution in [0.1, 0.15) is 45.7 Å². The summed E-state index contributed by atoms with van der Waals surface area (Å²) in [4.78, 5) is 2.39. The van der Waals surface area contributed by atoms with E-state index in [4.69, 9.17) is 0 Å². The van der Waals surface area contributed by atoms with Gasteiger partial charge in [0.1, 0.15) is 5.75 Å². The third-order valence-electron chi connectivity index (χ3n) is 4.19. The minimum Gasteiger partial charge on any atom is -0.508 e. The first kappa shape index (κ1) is 16.5. The fourth-order valence-corrected chi connectivity index (χ4v) is 3.89. The molecule has 1 saturated heterocycles. The van der Waals surface area contributed by atoms with Crippen molar-refractivity contribution < 1.29 is 5.11 Å². The van der Waals surface area contributed by atoms with Crippen molar-refractivity contribution in [2.75, 3.05) is 30.3 Å². The van der Waals surface area contributed by atoms with E-state index in [1.54, 1.807) is 0 Å². The summed E-state index contributed by atoms with van der Waals surface area (Å²) < 4.78 is 0.357. The topological polar surface area (TPSA) is 35.5 Å². The molecular weight excluding hydrogens is 280 g/mol. The van der Waals surface area contributed by atoms with E-state index in [0.717, 1.165) is 36.6 Å². The van der Waals surface area contributed by atoms with Crippen molar-refractivity contribution in [2.24, 2.45) is 0 Å². The molecule has 2 rings (SSSR count). The Morgan fingerprint density at radius 3 is 2.81 bits per heavy atom. The van der Waals surface area contributed by atoms with Gasteiger partial charge in [0, 0.05) is 46.9 Å². The number of benzene rings is 1. The maximum atomic E-state index is 10.3. The fourth-order valence-electron chi connectivity index (χ4n) is 2.79. The van der Waals surface area contributed by atoms with Crippen LogP contribution in [0.15, 0.2) is 18.2 Å². The molecule has 1 heterocycles. The molecular formula is C17H28N2OS. The molecule has 1 unspecified atom stereocenters. The van der Waals surface area contributed by atoms with E-state index in [1.807, 2.05) is 17.8 Å². The van der Waals surface area contributed by atoms with Gasteiger partial charge in [0.15, 0.2) is 0 Å². The molecule has 2 N–H and O–H groups in total. The van der Waals surface area contributed by atoms with E-state index >= 15 is 0 Å².